The molecule has 0 aliphatic rings. The van der Waals surface area contributed by atoms with Gasteiger partial charge in [0.05, 0.1) is 5.56 Å². The molecule has 0 bridgehead atoms. The average molecular weight is 208 g/mol. The molecule has 14 heavy (non-hydrogen) atoms. The Morgan fingerprint density at radius 2 is 2.14 bits per heavy atom. The van der Waals surface area contributed by atoms with Crippen molar-refractivity contribution in [3.8, 4) is 5.75 Å². The summed E-state index contributed by atoms with van der Waals surface area (Å²) in [5.74, 6) is -0.951. The Labute approximate surface area is 84.2 Å². The Bertz CT molecular complexity index is 513. The topological polar surface area (TPSA) is 57.5 Å². The van der Waals surface area contributed by atoms with Gasteiger partial charge in [-0.25, -0.2) is 4.79 Å². The van der Waals surface area contributed by atoms with Gasteiger partial charge in [0.25, 0.3) is 0 Å². The fourth-order valence-electron chi connectivity index (χ4n) is 1.49. The molecule has 0 unspecified atom stereocenters. The highest BCUT2D eigenvalue weighted by molar-refractivity contribution is 7.17. The Hall–Kier alpha value is -1.55. The second kappa shape index (κ2) is 2.99. The summed E-state index contributed by atoms with van der Waals surface area (Å²) in [5.41, 5.74) is 0.861. The first-order valence-electron chi connectivity index (χ1n) is 4.04. The highest BCUT2D eigenvalue weighted by atomic mass is 32.1. The van der Waals surface area contributed by atoms with Crippen molar-refractivity contribution in [2.75, 3.05) is 0 Å². The third kappa shape index (κ3) is 1.15. The Balaban J connectivity index is 2.94. The van der Waals surface area contributed by atoms with Crippen LogP contribution in [-0.4, -0.2) is 16.2 Å². The van der Waals surface area contributed by atoms with E-state index in [1.54, 1.807) is 18.4 Å². The maximum absolute atomic E-state index is 11.0. The molecule has 2 aromatic rings. The second-order valence-corrected chi connectivity index (χ2v) is 3.97. The van der Waals surface area contributed by atoms with Gasteiger partial charge in [0.15, 0.2) is 0 Å². The normalized spacial score (nSPS) is 10.6. The number of hydrogen-bond donors (Lipinski definition) is 2. The molecule has 0 saturated heterocycles. The minimum absolute atomic E-state index is 0.0473. The van der Waals surface area contributed by atoms with Crippen LogP contribution in [0.2, 0.25) is 0 Å². The van der Waals surface area contributed by atoms with E-state index in [4.69, 9.17) is 5.11 Å². The number of aryl methyl sites for hydroxylation is 1. The van der Waals surface area contributed by atoms with Crippen molar-refractivity contribution in [2.24, 2.45) is 0 Å². The molecule has 2 rings (SSSR count). The minimum atomic E-state index is -0.998. The Kier molecular flexibility index (Phi) is 1.93. The number of hydrogen-bond acceptors (Lipinski definition) is 3. The van der Waals surface area contributed by atoms with Crippen LogP contribution in [0.4, 0.5) is 0 Å². The van der Waals surface area contributed by atoms with Gasteiger partial charge in [-0.3, -0.25) is 0 Å². The summed E-state index contributed by atoms with van der Waals surface area (Å²) in [7, 11) is 0. The number of aromatic hydroxyl groups is 1. The van der Waals surface area contributed by atoms with E-state index < -0.39 is 5.97 Å². The molecule has 4 heteroatoms. The number of thiophene rings is 1. The molecule has 0 saturated carbocycles. The second-order valence-electron chi connectivity index (χ2n) is 3.06. The van der Waals surface area contributed by atoms with Crippen molar-refractivity contribution in [3.63, 3.8) is 0 Å². The summed E-state index contributed by atoms with van der Waals surface area (Å²) < 4.78 is 0.797. The van der Waals surface area contributed by atoms with E-state index in [1.165, 1.54) is 11.3 Å². The zero-order valence-corrected chi connectivity index (χ0v) is 8.26. The summed E-state index contributed by atoms with van der Waals surface area (Å²) in [6, 6.07) is 3.57. The number of aromatic carboxylic acids is 1. The molecular weight excluding hydrogens is 200 g/mol. The van der Waals surface area contributed by atoms with Gasteiger partial charge in [-0.1, -0.05) is 6.07 Å². The molecule has 0 amide bonds. The molecule has 3 nitrogen and oxygen atoms in total. The van der Waals surface area contributed by atoms with Crippen molar-refractivity contribution >= 4 is 27.4 Å². The molecule has 0 spiro atoms. The van der Waals surface area contributed by atoms with Crippen LogP contribution in [-0.2, 0) is 0 Å². The summed E-state index contributed by atoms with van der Waals surface area (Å²) in [4.78, 5) is 11.0. The first-order chi connectivity index (χ1) is 6.61. The van der Waals surface area contributed by atoms with Crippen molar-refractivity contribution < 1.29 is 15.0 Å². The number of carboxylic acid groups (broad SMARTS) is 1. The Morgan fingerprint density at radius 1 is 1.43 bits per heavy atom. The molecule has 72 valence electrons. The van der Waals surface area contributed by atoms with Gasteiger partial charge < -0.3 is 10.2 Å². The molecule has 1 heterocycles. The van der Waals surface area contributed by atoms with Crippen LogP contribution in [0.15, 0.2) is 17.5 Å². The van der Waals surface area contributed by atoms with Crippen LogP contribution in [0, 0.1) is 6.92 Å². The zero-order chi connectivity index (χ0) is 10.3. The van der Waals surface area contributed by atoms with Crippen LogP contribution in [0.5, 0.6) is 5.75 Å². The van der Waals surface area contributed by atoms with E-state index in [1.807, 2.05) is 6.07 Å². The largest absolute Gasteiger partial charge is 0.506 e. The van der Waals surface area contributed by atoms with Crippen molar-refractivity contribution in [1.29, 1.82) is 0 Å². The monoisotopic (exact) mass is 208 g/mol. The number of carbonyl (C=O) groups is 1. The van der Waals surface area contributed by atoms with E-state index >= 15 is 0 Å². The molecule has 0 fully saturated rings. The van der Waals surface area contributed by atoms with Crippen LogP contribution in [0.3, 0.4) is 0 Å². The van der Waals surface area contributed by atoms with E-state index in [0.29, 0.717) is 10.9 Å². The maximum Gasteiger partial charge on any atom is 0.336 e. The van der Waals surface area contributed by atoms with Gasteiger partial charge in [-0.15, -0.1) is 11.3 Å². The lowest BCUT2D eigenvalue weighted by atomic mass is 10.0. The van der Waals surface area contributed by atoms with E-state index in [2.05, 4.69) is 0 Å². The number of rotatable bonds is 1. The van der Waals surface area contributed by atoms with Crippen LogP contribution in [0.1, 0.15) is 15.9 Å². The van der Waals surface area contributed by atoms with Crippen molar-refractivity contribution in [3.05, 3.63) is 28.6 Å². The highest BCUT2D eigenvalue weighted by Crippen LogP contribution is 2.35. The molecule has 1 aromatic carbocycles. The lowest BCUT2D eigenvalue weighted by molar-refractivity contribution is 0.0698. The summed E-state index contributed by atoms with van der Waals surface area (Å²) >= 11 is 1.34. The lowest BCUT2D eigenvalue weighted by Gasteiger charge is -2.02. The van der Waals surface area contributed by atoms with Gasteiger partial charge >= 0.3 is 5.97 Å². The van der Waals surface area contributed by atoms with Crippen LogP contribution in [0.25, 0.3) is 10.1 Å². The molecule has 0 aliphatic carbocycles. The smallest absolute Gasteiger partial charge is 0.336 e. The quantitative estimate of drug-likeness (QED) is 0.757. The summed E-state index contributed by atoms with van der Waals surface area (Å²) in [5, 5.41) is 20.5. The molecule has 1 aromatic heterocycles. The van der Waals surface area contributed by atoms with Gasteiger partial charge in [0.2, 0.25) is 0 Å². The predicted molar refractivity (Wildman–Crippen MR) is 55.2 cm³/mol. The van der Waals surface area contributed by atoms with Gasteiger partial charge in [-0.05, 0) is 18.6 Å². The first-order valence-corrected chi connectivity index (χ1v) is 4.92. The highest BCUT2D eigenvalue weighted by Gasteiger charge is 2.15. The number of carboxylic acids is 1. The first kappa shape index (κ1) is 9.02. The number of benzene rings is 1. The zero-order valence-electron chi connectivity index (χ0n) is 7.44. The van der Waals surface area contributed by atoms with E-state index in [-0.39, 0.29) is 11.3 Å². The summed E-state index contributed by atoms with van der Waals surface area (Å²) in [6.07, 6.45) is 0. The van der Waals surface area contributed by atoms with Crippen LogP contribution >= 0.6 is 11.3 Å². The standard InChI is InChI=1S/C10H8O3S/c1-5-2-3-7-9(6(11)4-14-7)8(5)10(12)13/h2-4,11H,1H3,(H,12,13). The van der Waals surface area contributed by atoms with Gasteiger partial charge in [-0.2, -0.15) is 0 Å². The van der Waals surface area contributed by atoms with Crippen molar-refractivity contribution in [1.82, 2.24) is 0 Å². The molecule has 2 N–H and O–H groups in total. The van der Waals surface area contributed by atoms with Crippen molar-refractivity contribution in [2.45, 2.75) is 6.92 Å². The molecule has 0 radical (unpaired) electrons. The fraction of sp³-hybridized carbons (Fsp3) is 0.100. The van der Waals surface area contributed by atoms with Gasteiger partial charge in [0.1, 0.15) is 5.75 Å². The Morgan fingerprint density at radius 3 is 2.79 bits per heavy atom. The maximum atomic E-state index is 11.0. The summed E-state index contributed by atoms with van der Waals surface area (Å²) in [6.45, 7) is 1.72. The lowest BCUT2D eigenvalue weighted by Crippen LogP contribution is -1.99. The third-order valence-electron chi connectivity index (χ3n) is 2.14. The minimum Gasteiger partial charge on any atom is -0.506 e. The van der Waals surface area contributed by atoms with E-state index in [0.717, 1.165) is 4.70 Å². The third-order valence-corrected chi connectivity index (χ3v) is 3.08. The predicted octanol–water partition coefficient (Wildman–Crippen LogP) is 2.61. The van der Waals surface area contributed by atoms with Gasteiger partial charge in [0, 0.05) is 15.5 Å². The fourth-order valence-corrected chi connectivity index (χ4v) is 2.32. The number of fused-ring (bicyclic) bond motifs is 1. The molecule has 0 atom stereocenters. The SMILES string of the molecule is Cc1ccc2scc(O)c2c1C(=O)O. The molecule has 0 aliphatic heterocycles. The van der Waals surface area contributed by atoms with E-state index in [9.17, 15) is 9.90 Å². The average Bonchev–Trinajstić information content (AvgIpc) is 2.47. The van der Waals surface area contributed by atoms with Crippen LogP contribution < -0.4 is 0 Å². The molecular formula is C10H8O3S.